The van der Waals surface area contributed by atoms with E-state index in [-0.39, 0.29) is 10.8 Å². The highest BCUT2D eigenvalue weighted by Gasteiger charge is 2.19. The summed E-state index contributed by atoms with van der Waals surface area (Å²) >= 11 is 7.10. The molecule has 0 aliphatic carbocycles. The Balaban J connectivity index is 1.71. The molecule has 0 radical (unpaired) electrons. The number of carbonyl (C=O) groups excluding carboxylic acids is 1. The van der Waals surface area contributed by atoms with E-state index in [1.54, 1.807) is 12.3 Å². The first-order chi connectivity index (χ1) is 12.9. The van der Waals surface area contributed by atoms with Gasteiger partial charge in [0.25, 0.3) is 0 Å². The van der Waals surface area contributed by atoms with Crippen molar-refractivity contribution in [1.29, 1.82) is 0 Å². The molecule has 0 unspecified atom stereocenters. The van der Waals surface area contributed by atoms with Crippen LogP contribution >= 0.6 is 23.4 Å². The molecule has 0 fully saturated rings. The Kier molecular flexibility index (Phi) is 5.88. The number of nitrogens with zero attached hydrogens (tertiary/aromatic N) is 2. The second kappa shape index (κ2) is 8.32. The standard InChI is InChI=1S/C18H12ClFN2O4S/c1-10-5-6-21-18(22-10)27-9-11-7-14(23)15(8-25-11)26-17(24)16-12(19)3-2-4-13(16)20/h2-8H,9H2,1H3. The van der Waals surface area contributed by atoms with E-state index in [0.717, 1.165) is 18.0 Å². The maximum absolute atomic E-state index is 13.8. The highest BCUT2D eigenvalue weighted by atomic mass is 35.5. The van der Waals surface area contributed by atoms with E-state index >= 15 is 0 Å². The molecule has 2 heterocycles. The lowest BCUT2D eigenvalue weighted by Gasteiger charge is -2.06. The molecule has 1 aromatic carbocycles. The maximum Gasteiger partial charge on any atom is 0.348 e. The SMILES string of the molecule is Cc1ccnc(SCc2cc(=O)c(OC(=O)c3c(F)cccc3Cl)co2)n1. The molecule has 9 heteroatoms. The summed E-state index contributed by atoms with van der Waals surface area (Å²) in [6.07, 6.45) is 2.64. The summed E-state index contributed by atoms with van der Waals surface area (Å²) < 4.78 is 24.0. The van der Waals surface area contributed by atoms with Gasteiger partial charge in [0.05, 0.1) is 10.8 Å². The molecule has 0 aliphatic heterocycles. The van der Waals surface area contributed by atoms with Crippen LogP contribution in [0, 0.1) is 12.7 Å². The first kappa shape index (κ1) is 19.1. The predicted octanol–water partition coefficient (Wildman–Crippen LogP) is 4.04. The number of benzene rings is 1. The van der Waals surface area contributed by atoms with Gasteiger partial charge in [0.1, 0.15) is 23.4 Å². The molecule has 3 rings (SSSR count). The van der Waals surface area contributed by atoms with Crippen molar-refractivity contribution in [2.75, 3.05) is 0 Å². The number of hydrogen-bond acceptors (Lipinski definition) is 7. The fourth-order valence-corrected chi connectivity index (χ4v) is 3.07. The van der Waals surface area contributed by atoms with Crippen LogP contribution in [-0.2, 0) is 5.75 Å². The molecule has 27 heavy (non-hydrogen) atoms. The van der Waals surface area contributed by atoms with Crippen LogP contribution in [0.2, 0.25) is 5.02 Å². The highest BCUT2D eigenvalue weighted by molar-refractivity contribution is 7.98. The zero-order valence-corrected chi connectivity index (χ0v) is 15.5. The number of carbonyl (C=O) groups is 1. The largest absolute Gasteiger partial charge is 0.464 e. The van der Waals surface area contributed by atoms with Crippen molar-refractivity contribution in [2.24, 2.45) is 0 Å². The van der Waals surface area contributed by atoms with Gasteiger partial charge in [-0.1, -0.05) is 29.4 Å². The third-order valence-electron chi connectivity index (χ3n) is 3.34. The first-order valence-corrected chi connectivity index (χ1v) is 9.01. The molecule has 0 atom stereocenters. The monoisotopic (exact) mass is 406 g/mol. The molecule has 6 nitrogen and oxygen atoms in total. The maximum atomic E-state index is 13.8. The molecule has 0 amide bonds. The Morgan fingerprint density at radius 1 is 1.37 bits per heavy atom. The van der Waals surface area contributed by atoms with Gasteiger partial charge in [-0.25, -0.2) is 19.2 Å². The summed E-state index contributed by atoms with van der Waals surface area (Å²) in [7, 11) is 0. The van der Waals surface area contributed by atoms with Gasteiger partial charge >= 0.3 is 5.97 Å². The summed E-state index contributed by atoms with van der Waals surface area (Å²) in [6, 6.07) is 6.73. The van der Waals surface area contributed by atoms with E-state index in [9.17, 15) is 14.0 Å². The van der Waals surface area contributed by atoms with Crippen molar-refractivity contribution in [3.8, 4) is 5.75 Å². The van der Waals surface area contributed by atoms with Crippen LogP contribution in [0.5, 0.6) is 5.75 Å². The van der Waals surface area contributed by atoms with Crippen molar-refractivity contribution in [2.45, 2.75) is 17.8 Å². The van der Waals surface area contributed by atoms with Crippen LogP contribution < -0.4 is 10.2 Å². The van der Waals surface area contributed by atoms with Gasteiger partial charge in [0.15, 0.2) is 5.16 Å². The minimum atomic E-state index is -1.08. The number of rotatable bonds is 5. The summed E-state index contributed by atoms with van der Waals surface area (Å²) in [5.74, 6) is -1.63. The number of thioether (sulfide) groups is 1. The summed E-state index contributed by atoms with van der Waals surface area (Å²) in [6.45, 7) is 1.84. The van der Waals surface area contributed by atoms with Crippen LogP contribution in [0.25, 0.3) is 0 Å². The van der Waals surface area contributed by atoms with Crippen molar-refractivity contribution < 1.29 is 18.3 Å². The second-order valence-corrected chi connectivity index (χ2v) is 6.68. The molecule has 0 bridgehead atoms. The molecule has 0 N–H and O–H groups in total. The quantitative estimate of drug-likeness (QED) is 0.359. The predicted molar refractivity (Wildman–Crippen MR) is 97.7 cm³/mol. The third-order valence-corrected chi connectivity index (χ3v) is 4.54. The Bertz CT molecular complexity index is 1040. The van der Waals surface area contributed by atoms with Crippen molar-refractivity contribution in [3.05, 3.63) is 80.9 Å². The molecule has 2 aromatic heterocycles. The minimum absolute atomic E-state index is 0.115. The molecule has 0 saturated heterocycles. The highest BCUT2D eigenvalue weighted by Crippen LogP contribution is 2.22. The third kappa shape index (κ3) is 4.72. The van der Waals surface area contributed by atoms with Gasteiger partial charge in [0, 0.05) is 18.0 Å². The zero-order valence-electron chi connectivity index (χ0n) is 13.9. The Hall–Kier alpha value is -2.71. The van der Waals surface area contributed by atoms with E-state index in [1.165, 1.54) is 30.0 Å². The number of esters is 1. The lowest BCUT2D eigenvalue weighted by molar-refractivity contribution is 0.0724. The average Bonchev–Trinajstić information content (AvgIpc) is 2.62. The van der Waals surface area contributed by atoms with E-state index in [4.69, 9.17) is 20.8 Å². The van der Waals surface area contributed by atoms with Crippen LogP contribution in [0.4, 0.5) is 4.39 Å². The number of aryl methyl sites for hydroxylation is 1. The molecule has 0 spiro atoms. The van der Waals surface area contributed by atoms with Gasteiger partial charge in [-0.2, -0.15) is 0 Å². The summed E-state index contributed by atoms with van der Waals surface area (Å²) in [5.41, 5.74) is -0.208. The van der Waals surface area contributed by atoms with Crippen LogP contribution in [0.15, 0.2) is 57.2 Å². The Labute approximate surface area is 162 Å². The van der Waals surface area contributed by atoms with Crippen LogP contribution in [-0.4, -0.2) is 15.9 Å². The number of halogens is 2. The second-order valence-electron chi connectivity index (χ2n) is 5.33. The number of ether oxygens (including phenoxy) is 1. The summed E-state index contributed by atoms with van der Waals surface area (Å²) in [5, 5.41) is 0.429. The van der Waals surface area contributed by atoms with E-state index < -0.39 is 22.8 Å². The molecular formula is C18H12ClFN2O4S. The van der Waals surface area contributed by atoms with Gasteiger partial charge in [-0.3, -0.25) is 4.79 Å². The van der Waals surface area contributed by atoms with E-state index in [1.807, 2.05) is 6.92 Å². The molecule has 138 valence electrons. The lowest BCUT2D eigenvalue weighted by atomic mass is 10.2. The fraction of sp³-hybridized carbons (Fsp3) is 0.111. The Morgan fingerprint density at radius 3 is 2.89 bits per heavy atom. The molecule has 0 saturated carbocycles. The molecule has 0 aliphatic rings. The minimum Gasteiger partial charge on any atom is -0.464 e. The van der Waals surface area contributed by atoms with Gasteiger partial charge < -0.3 is 9.15 Å². The smallest absolute Gasteiger partial charge is 0.348 e. The van der Waals surface area contributed by atoms with Crippen molar-refractivity contribution in [3.63, 3.8) is 0 Å². The number of hydrogen-bond donors (Lipinski definition) is 0. The van der Waals surface area contributed by atoms with Gasteiger partial charge in [-0.05, 0) is 25.1 Å². The topological polar surface area (TPSA) is 82.3 Å². The normalized spacial score (nSPS) is 10.6. The lowest BCUT2D eigenvalue weighted by Crippen LogP contribution is -2.16. The van der Waals surface area contributed by atoms with Crippen LogP contribution in [0.3, 0.4) is 0 Å². The zero-order chi connectivity index (χ0) is 19.4. The summed E-state index contributed by atoms with van der Waals surface area (Å²) in [4.78, 5) is 32.6. The molecule has 3 aromatic rings. The van der Waals surface area contributed by atoms with Gasteiger partial charge in [0.2, 0.25) is 11.2 Å². The fourth-order valence-electron chi connectivity index (χ4n) is 2.06. The first-order valence-electron chi connectivity index (χ1n) is 7.64. The van der Waals surface area contributed by atoms with Crippen molar-refractivity contribution in [1.82, 2.24) is 9.97 Å². The van der Waals surface area contributed by atoms with Gasteiger partial charge in [-0.15, -0.1) is 0 Å². The van der Waals surface area contributed by atoms with Crippen molar-refractivity contribution >= 4 is 29.3 Å². The molecular weight excluding hydrogens is 395 g/mol. The van der Waals surface area contributed by atoms with E-state index in [0.29, 0.717) is 16.7 Å². The van der Waals surface area contributed by atoms with E-state index in [2.05, 4.69) is 9.97 Å². The Morgan fingerprint density at radius 2 is 2.19 bits per heavy atom. The van der Waals surface area contributed by atoms with Crippen LogP contribution in [0.1, 0.15) is 21.8 Å². The number of aromatic nitrogens is 2. The average molecular weight is 407 g/mol.